The molecule has 0 fully saturated rings. The smallest absolute Gasteiger partial charge is 0.416 e. The van der Waals surface area contributed by atoms with E-state index in [1.165, 1.54) is 12.1 Å². The summed E-state index contributed by atoms with van der Waals surface area (Å²) >= 11 is 0. The third kappa shape index (κ3) is 4.69. The van der Waals surface area contributed by atoms with E-state index in [9.17, 15) is 18.0 Å². The fourth-order valence-corrected chi connectivity index (χ4v) is 3.19. The van der Waals surface area contributed by atoms with Crippen molar-refractivity contribution in [2.75, 3.05) is 11.9 Å². The molecule has 2 heterocycles. The molecule has 158 valence electrons. The normalized spacial score (nSPS) is 11.5. The molecule has 4 aromatic rings. The predicted octanol–water partition coefficient (Wildman–Crippen LogP) is 5.57. The van der Waals surface area contributed by atoms with Gasteiger partial charge in [-0.25, -0.2) is 4.98 Å². The SMILES string of the molecule is Cc1cc(-c2ccc[nH]2)nc2ccc(NC(=O)COc3ccc(C(F)(F)F)cc3)cc12. The predicted molar refractivity (Wildman–Crippen MR) is 112 cm³/mol. The van der Waals surface area contributed by atoms with Crippen LogP contribution in [-0.2, 0) is 11.0 Å². The summed E-state index contributed by atoms with van der Waals surface area (Å²) in [6.45, 7) is 1.64. The Morgan fingerprint density at radius 2 is 1.87 bits per heavy atom. The number of amides is 1. The minimum Gasteiger partial charge on any atom is -0.484 e. The number of halogens is 3. The molecule has 8 heteroatoms. The van der Waals surface area contributed by atoms with Crippen LogP contribution in [0.25, 0.3) is 22.3 Å². The highest BCUT2D eigenvalue weighted by molar-refractivity contribution is 5.95. The Hall–Kier alpha value is -3.81. The van der Waals surface area contributed by atoms with Crippen LogP contribution >= 0.6 is 0 Å². The average molecular weight is 425 g/mol. The van der Waals surface area contributed by atoms with E-state index in [4.69, 9.17) is 4.74 Å². The van der Waals surface area contributed by atoms with Crippen molar-refractivity contribution in [1.29, 1.82) is 0 Å². The van der Waals surface area contributed by atoms with Crippen LogP contribution in [0.2, 0.25) is 0 Å². The van der Waals surface area contributed by atoms with Gasteiger partial charge in [0.25, 0.3) is 5.91 Å². The van der Waals surface area contributed by atoms with Crippen molar-refractivity contribution in [3.63, 3.8) is 0 Å². The first-order valence-corrected chi connectivity index (χ1v) is 9.45. The van der Waals surface area contributed by atoms with Crippen molar-refractivity contribution in [2.45, 2.75) is 13.1 Å². The quantitative estimate of drug-likeness (QED) is 0.439. The van der Waals surface area contributed by atoms with E-state index in [0.717, 1.165) is 40.0 Å². The molecular weight excluding hydrogens is 407 g/mol. The van der Waals surface area contributed by atoms with Gasteiger partial charge in [0.1, 0.15) is 5.75 Å². The average Bonchev–Trinajstić information content (AvgIpc) is 3.27. The number of fused-ring (bicyclic) bond motifs is 1. The second-order valence-corrected chi connectivity index (χ2v) is 7.00. The number of rotatable bonds is 5. The summed E-state index contributed by atoms with van der Waals surface area (Å²) in [5.41, 5.74) is 3.35. The molecule has 4 rings (SSSR count). The molecule has 0 aliphatic carbocycles. The summed E-state index contributed by atoms with van der Waals surface area (Å²) in [5, 5.41) is 3.63. The van der Waals surface area contributed by atoms with E-state index in [1.54, 1.807) is 6.07 Å². The molecule has 0 saturated heterocycles. The number of hydrogen-bond acceptors (Lipinski definition) is 3. The molecule has 2 N–H and O–H groups in total. The number of carbonyl (C=O) groups is 1. The maximum absolute atomic E-state index is 12.6. The first-order chi connectivity index (χ1) is 14.8. The van der Waals surface area contributed by atoms with Gasteiger partial charge in [0.05, 0.1) is 22.5 Å². The zero-order chi connectivity index (χ0) is 22.0. The molecule has 0 atom stereocenters. The number of anilines is 1. The van der Waals surface area contributed by atoms with Crippen LogP contribution in [0.1, 0.15) is 11.1 Å². The number of carbonyl (C=O) groups excluding carboxylic acids is 1. The third-order valence-corrected chi connectivity index (χ3v) is 4.72. The zero-order valence-corrected chi connectivity index (χ0v) is 16.5. The van der Waals surface area contributed by atoms with E-state index >= 15 is 0 Å². The number of nitrogens with zero attached hydrogens (tertiary/aromatic N) is 1. The van der Waals surface area contributed by atoms with Crippen LogP contribution in [0.5, 0.6) is 5.75 Å². The van der Waals surface area contributed by atoms with Gasteiger partial charge in [0, 0.05) is 17.3 Å². The number of benzene rings is 2. The van der Waals surface area contributed by atoms with Crippen molar-refractivity contribution in [3.8, 4) is 17.1 Å². The van der Waals surface area contributed by atoms with Crippen molar-refractivity contribution < 1.29 is 22.7 Å². The van der Waals surface area contributed by atoms with Crippen LogP contribution in [0.4, 0.5) is 18.9 Å². The molecule has 2 aromatic carbocycles. The number of alkyl halides is 3. The van der Waals surface area contributed by atoms with Gasteiger partial charge in [-0.05, 0) is 73.2 Å². The number of hydrogen-bond donors (Lipinski definition) is 2. The van der Waals surface area contributed by atoms with Crippen LogP contribution in [-0.4, -0.2) is 22.5 Å². The lowest BCUT2D eigenvalue weighted by Crippen LogP contribution is -2.20. The minimum absolute atomic E-state index is 0.179. The summed E-state index contributed by atoms with van der Waals surface area (Å²) in [6.07, 6.45) is -2.58. The molecular formula is C23H18F3N3O2. The Balaban J connectivity index is 1.42. The van der Waals surface area contributed by atoms with Gasteiger partial charge in [-0.15, -0.1) is 0 Å². The van der Waals surface area contributed by atoms with E-state index in [-0.39, 0.29) is 12.4 Å². The highest BCUT2D eigenvalue weighted by atomic mass is 19.4. The zero-order valence-electron chi connectivity index (χ0n) is 16.5. The monoisotopic (exact) mass is 425 g/mol. The highest BCUT2D eigenvalue weighted by Gasteiger charge is 2.30. The second-order valence-electron chi connectivity index (χ2n) is 7.00. The standard InChI is InChI=1S/C23H18F3N3O2/c1-14-11-21(20-3-2-10-27-20)29-19-9-6-16(12-18(14)19)28-22(30)13-31-17-7-4-15(5-8-17)23(24,25)26/h2-12,27H,13H2,1H3,(H,28,30). The number of nitrogens with one attached hydrogen (secondary N) is 2. The van der Waals surface area contributed by atoms with Crippen molar-refractivity contribution in [3.05, 3.63) is 78.0 Å². The molecule has 1 amide bonds. The number of H-pyrrole nitrogens is 1. The van der Waals surface area contributed by atoms with Crippen molar-refractivity contribution in [1.82, 2.24) is 9.97 Å². The molecule has 31 heavy (non-hydrogen) atoms. The maximum Gasteiger partial charge on any atom is 0.416 e. The van der Waals surface area contributed by atoms with E-state index in [2.05, 4.69) is 15.3 Å². The largest absolute Gasteiger partial charge is 0.484 e. The fourth-order valence-electron chi connectivity index (χ4n) is 3.19. The number of pyridine rings is 1. The first-order valence-electron chi connectivity index (χ1n) is 9.45. The summed E-state index contributed by atoms with van der Waals surface area (Å²) in [6, 6.07) is 15.4. The molecule has 2 aromatic heterocycles. The van der Waals surface area contributed by atoms with E-state index in [1.807, 2.05) is 43.5 Å². The Bertz CT molecular complexity index is 1220. The highest BCUT2D eigenvalue weighted by Crippen LogP contribution is 2.30. The number of aryl methyl sites for hydroxylation is 1. The molecule has 0 spiro atoms. The van der Waals surface area contributed by atoms with Gasteiger partial charge in [-0.3, -0.25) is 4.79 Å². The second kappa shape index (κ2) is 8.14. The van der Waals surface area contributed by atoms with Gasteiger partial charge in [0.2, 0.25) is 0 Å². The van der Waals surface area contributed by atoms with Gasteiger partial charge < -0.3 is 15.0 Å². The lowest BCUT2D eigenvalue weighted by molar-refractivity contribution is -0.137. The van der Waals surface area contributed by atoms with E-state index < -0.39 is 17.6 Å². The molecule has 0 saturated carbocycles. The summed E-state index contributed by atoms with van der Waals surface area (Å²) in [5.74, 6) is -0.244. The Morgan fingerprint density at radius 1 is 1.10 bits per heavy atom. The van der Waals surface area contributed by atoms with Crippen LogP contribution < -0.4 is 10.1 Å². The van der Waals surface area contributed by atoms with Gasteiger partial charge in [0.15, 0.2) is 6.61 Å². The molecule has 0 aliphatic rings. The Morgan fingerprint density at radius 3 is 2.55 bits per heavy atom. The Kier molecular flexibility index (Phi) is 5.37. The van der Waals surface area contributed by atoms with Gasteiger partial charge >= 0.3 is 6.18 Å². The lowest BCUT2D eigenvalue weighted by Gasteiger charge is -2.11. The van der Waals surface area contributed by atoms with Crippen LogP contribution in [0.3, 0.4) is 0 Å². The first kappa shape index (κ1) is 20.5. The van der Waals surface area contributed by atoms with Gasteiger partial charge in [-0.1, -0.05) is 0 Å². The van der Waals surface area contributed by atoms with E-state index in [0.29, 0.717) is 5.69 Å². The summed E-state index contributed by atoms with van der Waals surface area (Å²) in [7, 11) is 0. The van der Waals surface area contributed by atoms with Crippen molar-refractivity contribution in [2.24, 2.45) is 0 Å². The number of aromatic amines is 1. The lowest BCUT2D eigenvalue weighted by atomic mass is 10.1. The molecule has 0 aliphatic heterocycles. The Labute approximate surface area is 175 Å². The topological polar surface area (TPSA) is 67.0 Å². The fraction of sp³-hybridized carbons (Fsp3) is 0.130. The molecule has 0 unspecified atom stereocenters. The van der Waals surface area contributed by atoms with Crippen LogP contribution in [0, 0.1) is 6.92 Å². The minimum atomic E-state index is -4.42. The number of aromatic nitrogens is 2. The van der Waals surface area contributed by atoms with Crippen LogP contribution in [0.15, 0.2) is 66.9 Å². The maximum atomic E-state index is 12.6. The summed E-state index contributed by atoms with van der Waals surface area (Å²) in [4.78, 5) is 20.0. The molecule has 0 radical (unpaired) electrons. The summed E-state index contributed by atoms with van der Waals surface area (Å²) < 4.78 is 43.1. The third-order valence-electron chi connectivity index (χ3n) is 4.72. The molecule has 0 bridgehead atoms. The van der Waals surface area contributed by atoms with Gasteiger partial charge in [-0.2, -0.15) is 13.2 Å². The van der Waals surface area contributed by atoms with Crippen molar-refractivity contribution >= 4 is 22.5 Å². The molecule has 5 nitrogen and oxygen atoms in total. The number of ether oxygens (including phenoxy) is 1.